The molecule has 17 heavy (non-hydrogen) atoms. The summed E-state index contributed by atoms with van der Waals surface area (Å²) in [6, 6.07) is 3.90. The Labute approximate surface area is 105 Å². The van der Waals surface area contributed by atoms with Crippen LogP contribution in [0.25, 0.3) is 0 Å². The summed E-state index contributed by atoms with van der Waals surface area (Å²) in [5.41, 5.74) is 0.0401. The third-order valence-corrected chi connectivity index (χ3v) is 2.17. The molecule has 0 aliphatic heterocycles. The summed E-state index contributed by atoms with van der Waals surface area (Å²) in [4.78, 5) is 11.5. The smallest absolute Gasteiger partial charge is 0.315 e. The summed E-state index contributed by atoms with van der Waals surface area (Å²) in [5.74, 6) is -0.384. The topological polar surface area (TPSA) is 41.1 Å². The molecule has 0 unspecified atom stereocenters. The number of carbonyl (C=O) groups excluding carboxylic acids is 1. The number of hydrogen-bond acceptors (Lipinski definition) is 1. The number of benzene rings is 1. The van der Waals surface area contributed by atoms with Crippen molar-refractivity contribution in [2.24, 2.45) is 0 Å². The third-order valence-electron chi connectivity index (χ3n) is 1.94. The van der Waals surface area contributed by atoms with Crippen LogP contribution in [0.1, 0.15) is 26.3 Å². The number of nitrogens with one attached hydrogen (secondary N) is 2. The summed E-state index contributed by atoms with van der Waals surface area (Å²) in [5, 5.41) is 5.74. The van der Waals surface area contributed by atoms with Crippen LogP contribution < -0.4 is 10.6 Å². The van der Waals surface area contributed by atoms with Gasteiger partial charge in [0, 0.05) is 22.7 Å². The molecule has 0 radical (unpaired) electrons. The van der Waals surface area contributed by atoms with Gasteiger partial charge in [-0.1, -0.05) is 11.6 Å². The van der Waals surface area contributed by atoms with E-state index in [1.807, 2.05) is 20.8 Å². The van der Waals surface area contributed by atoms with Gasteiger partial charge in [0.15, 0.2) is 0 Å². The van der Waals surface area contributed by atoms with Crippen LogP contribution in [0.3, 0.4) is 0 Å². The molecule has 0 atom stereocenters. The van der Waals surface area contributed by atoms with Crippen LogP contribution in [0.4, 0.5) is 9.18 Å². The van der Waals surface area contributed by atoms with Gasteiger partial charge in [0.25, 0.3) is 0 Å². The quantitative estimate of drug-likeness (QED) is 0.841. The molecule has 1 aromatic carbocycles. The van der Waals surface area contributed by atoms with Crippen molar-refractivity contribution in [1.82, 2.24) is 10.6 Å². The Hall–Kier alpha value is -1.29. The molecule has 0 aliphatic carbocycles. The van der Waals surface area contributed by atoms with Crippen LogP contribution in [-0.4, -0.2) is 11.6 Å². The van der Waals surface area contributed by atoms with E-state index < -0.39 is 0 Å². The van der Waals surface area contributed by atoms with Gasteiger partial charge in [-0.05, 0) is 39.0 Å². The lowest BCUT2D eigenvalue weighted by molar-refractivity contribution is 0.231. The van der Waals surface area contributed by atoms with Crippen LogP contribution >= 0.6 is 11.6 Å². The minimum atomic E-state index is -0.384. The first-order valence-corrected chi connectivity index (χ1v) is 5.66. The van der Waals surface area contributed by atoms with Gasteiger partial charge in [-0.15, -0.1) is 0 Å². The molecular formula is C12H16ClFN2O. The predicted octanol–water partition coefficient (Wildman–Crippen LogP) is 3.08. The summed E-state index contributed by atoms with van der Waals surface area (Å²) < 4.78 is 13.3. The van der Waals surface area contributed by atoms with Crippen molar-refractivity contribution in [3.05, 3.63) is 34.6 Å². The first kappa shape index (κ1) is 13.8. The van der Waals surface area contributed by atoms with E-state index in [-0.39, 0.29) is 23.9 Å². The second-order valence-electron chi connectivity index (χ2n) is 4.79. The lowest BCUT2D eigenvalue weighted by atomic mass is 10.1. The first-order valence-electron chi connectivity index (χ1n) is 5.28. The maximum Gasteiger partial charge on any atom is 0.315 e. The fraction of sp³-hybridized carbons (Fsp3) is 0.417. The van der Waals surface area contributed by atoms with Gasteiger partial charge in [-0.3, -0.25) is 0 Å². The SMILES string of the molecule is CC(C)(C)NC(=O)NCc1cc(Cl)ccc1F. The largest absolute Gasteiger partial charge is 0.334 e. The zero-order valence-electron chi connectivity index (χ0n) is 10.1. The molecule has 0 aromatic heterocycles. The van der Waals surface area contributed by atoms with Crippen LogP contribution in [0.2, 0.25) is 5.02 Å². The number of amides is 2. The number of hydrogen-bond donors (Lipinski definition) is 2. The van der Waals surface area contributed by atoms with E-state index in [4.69, 9.17) is 11.6 Å². The normalized spacial score (nSPS) is 11.1. The molecule has 0 heterocycles. The highest BCUT2D eigenvalue weighted by atomic mass is 35.5. The second kappa shape index (κ2) is 5.36. The Kier molecular flexibility index (Phi) is 4.34. The fourth-order valence-electron chi connectivity index (χ4n) is 1.24. The Morgan fingerprint density at radius 1 is 1.41 bits per heavy atom. The molecule has 0 spiro atoms. The van der Waals surface area contributed by atoms with Crippen LogP contribution in [-0.2, 0) is 6.54 Å². The Balaban J connectivity index is 2.56. The van der Waals surface area contributed by atoms with Crippen molar-refractivity contribution in [2.75, 3.05) is 0 Å². The maximum absolute atomic E-state index is 13.3. The lowest BCUT2D eigenvalue weighted by Crippen LogP contribution is -2.46. The highest BCUT2D eigenvalue weighted by Gasteiger charge is 2.13. The van der Waals surface area contributed by atoms with Gasteiger partial charge in [0.05, 0.1) is 0 Å². The van der Waals surface area contributed by atoms with Crippen molar-refractivity contribution < 1.29 is 9.18 Å². The molecule has 0 aliphatic rings. The molecular weight excluding hydrogens is 243 g/mol. The molecule has 1 aromatic rings. The Morgan fingerprint density at radius 3 is 2.65 bits per heavy atom. The minimum Gasteiger partial charge on any atom is -0.334 e. The summed E-state index contributed by atoms with van der Waals surface area (Å²) in [7, 11) is 0. The molecule has 2 N–H and O–H groups in total. The molecule has 0 bridgehead atoms. The van der Waals surface area contributed by atoms with E-state index in [0.717, 1.165) is 0 Å². The standard InChI is InChI=1S/C12H16ClFN2O/c1-12(2,3)16-11(17)15-7-8-6-9(13)4-5-10(8)14/h4-6H,7H2,1-3H3,(H2,15,16,17). The van der Waals surface area contributed by atoms with Crippen molar-refractivity contribution in [3.63, 3.8) is 0 Å². The van der Waals surface area contributed by atoms with Crippen LogP contribution in [0.15, 0.2) is 18.2 Å². The van der Waals surface area contributed by atoms with Gasteiger partial charge < -0.3 is 10.6 Å². The van der Waals surface area contributed by atoms with E-state index >= 15 is 0 Å². The highest BCUT2D eigenvalue weighted by Crippen LogP contribution is 2.14. The van der Waals surface area contributed by atoms with E-state index in [9.17, 15) is 9.18 Å². The highest BCUT2D eigenvalue weighted by molar-refractivity contribution is 6.30. The number of halogens is 2. The molecule has 1 rings (SSSR count). The van der Waals surface area contributed by atoms with Crippen molar-refractivity contribution in [3.8, 4) is 0 Å². The molecule has 0 saturated carbocycles. The molecule has 94 valence electrons. The summed E-state index contributed by atoms with van der Waals surface area (Å²) in [6.07, 6.45) is 0. The molecule has 0 saturated heterocycles. The fourth-order valence-corrected chi connectivity index (χ4v) is 1.43. The van der Waals surface area contributed by atoms with Crippen molar-refractivity contribution in [1.29, 1.82) is 0 Å². The zero-order chi connectivity index (χ0) is 13.1. The van der Waals surface area contributed by atoms with Gasteiger partial charge in [-0.2, -0.15) is 0 Å². The third kappa shape index (κ3) is 5.04. The summed E-state index contributed by atoms with van der Waals surface area (Å²) in [6.45, 7) is 5.71. The average molecular weight is 259 g/mol. The van der Waals surface area contributed by atoms with E-state index in [1.165, 1.54) is 18.2 Å². The zero-order valence-corrected chi connectivity index (χ0v) is 10.9. The van der Waals surface area contributed by atoms with Crippen LogP contribution in [0.5, 0.6) is 0 Å². The predicted molar refractivity (Wildman–Crippen MR) is 66.5 cm³/mol. The van der Waals surface area contributed by atoms with Crippen molar-refractivity contribution in [2.45, 2.75) is 32.9 Å². The maximum atomic E-state index is 13.3. The Morgan fingerprint density at radius 2 is 2.06 bits per heavy atom. The molecule has 2 amide bonds. The number of carbonyl (C=O) groups is 1. The molecule has 0 fully saturated rings. The van der Waals surface area contributed by atoms with E-state index in [1.54, 1.807) is 0 Å². The minimum absolute atomic E-state index is 0.105. The van der Waals surface area contributed by atoms with Crippen LogP contribution in [0, 0.1) is 5.82 Å². The lowest BCUT2D eigenvalue weighted by Gasteiger charge is -2.20. The van der Waals surface area contributed by atoms with Crippen molar-refractivity contribution >= 4 is 17.6 Å². The van der Waals surface area contributed by atoms with Gasteiger partial charge in [0.1, 0.15) is 5.82 Å². The Bertz CT molecular complexity index is 415. The molecule has 5 heteroatoms. The average Bonchev–Trinajstić information content (AvgIpc) is 2.17. The van der Waals surface area contributed by atoms with Gasteiger partial charge >= 0.3 is 6.03 Å². The van der Waals surface area contributed by atoms with Gasteiger partial charge in [-0.25, -0.2) is 9.18 Å². The summed E-state index contributed by atoms with van der Waals surface area (Å²) >= 11 is 5.74. The van der Waals surface area contributed by atoms with E-state index in [0.29, 0.717) is 10.6 Å². The number of urea groups is 1. The second-order valence-corrected chi connectivity index (χ2v) is 5.23. The molecule has 3 nitrogen and oxygen atoms in total. The first-order chi connectivity index (χ1) is 7.78. The van der Waals surface area contributed by atoms with Gasteiger partial charge in [0.2, 0.25) is 0 Å². The monoisotopic (exact) mass is 258 g/mol. The van der Waals surface area contributed by atoms with E-state index in [2.05, 4.69) is 10.6 Å². The number of rotatable bonds is 2.